The van der Waals surface area contributed by atoms with Gasteiger partial charge in [0.25, 0.3) is 5.91 Å². The second-order valence-corrected chi connectivity index (χ2v) is 5.98. The molecule has 1 amide bonds. The van der Waals surface area contributed by atoms with Gasteiger partial charge in [-0.25, -0.2) is 0 Å². The number of nitrogens with one attached hydrogen (secondary N) is 1. The summed E-state index contributed by atoms with van der Waals surface area (Å²) < 4.78 is 0. The topological polar surface area (TPSA) is 29.1 Å². The number of benzene rings is 2. The lowest BCUT2D eigenvalue weighted by Gasteiger charge is -2.14. The van der Waals surface area contributed by atoms with Crippen molar-refractivity contribution in [1.82, 2.24) is 5.32 Å². The summed E-state index contributed by atoms with van der Waals surface area (Å²) in [5.74, 6) is -0.0270. The molecule has 0 saturated carbocycles. The third-order valence-electron chi connectivity index (χ3n) is 3.65. The Morgan fingerprint density at radius 1 is 0.955 bits per heavy atom. The van der Waals surface area contributed by atoms with Gasteiger partial charge in [0.2, 0.25) is 0 Å². The van der Waals surface area contributed by atoms with E-state index in [1.165, 1.54) is 22.5 Å². The summed E-state index contributed by atoms with van der Waals surface area (Å²) in [5.41, 5.74) is 4.20. The van der Waals surface area contributed by atoms with Crippen molar-refractivity contribution in [1.29, 1.82) is 0 Å². The first-order valence-electron chi connectivity index (χ1n) is 7.22. The Morgan fingerprint density at radius 2 is 1.64 bits per heavy atom. The molecule has 0 radical (unpaired) electrons. The van der Waals surface area contributed by atoms with Crippen LogP contribution in [-0.4, -0.2) is 5.91 Å². The van der Waals surface area contributed by atoms with E-state index in [4.69, 9.17) is 0 Å². The minimum absolute atomic E-state index is 0.0165. The first kappa shape index (κ1) is 14.5. The molecule has 0 aliphatic heterocycles. The maximum absolute atomic E-state index is 12.1. The lowest BCUT2D eigenvalue weighted by molar-refractivity contribution is 0.0940. The van der Waals surface area contributed by atoms with Crippen LogP contribution in [0.4, 0.5) is 0 Å². The summed E-state index contributed by atoms with van der Waals surface area (Å²) in [6, 6.07) is 20.4. The minimum Gasteiger partial charge on any atom is -0.345 e. The van der Waals surface area contributed by atoms with Crippen LogP contribution in [0.15, 0.2) is 71.4 Å². The third kappa shape index (κ3) is 3.26. The molecule has 0 fully saturated rings. The van der Waals surface area contributed by atoms with Gasteiger partial charge in [-0.15, -0.1) is 0 Å². The van der Waals surface area contributed by atoms with Crippen molar-refractivity contribution in [3.63, 3.8) is 0 Å². The second-order valence-electron chi connectivity index (χ2n) is 5.20. The normalized spacial score (nSPS) is 11.9. The molecule has 0 bridgehead atoms. The van der Waals surface area contributed by atoms with Crippen molar-refractivity contribution < 1.29 is 4.79 Å². The molecule has 2 nitrogen and oxygen atoms in total. The van der Waals surface area contributed by atoms with E-state index in [1.54, 1.807) is 0 Å². The average Bonchev–Trinajstić information content (AvgIpc) is 3.10. The maximum atomic E-state index is 12.1. The highest BCUT2D eigenvalue weighted by Gasteiger charge is 2.11. The van der Waals surface area contributed by atoms with Crippen LogP contribution in [0.2, 0.25) is 0 Å². The monoisotopic (exact) mass is 307 g/mol. The van der Waals surface area contributed by atoms with E-state index in [2.05, 4.69) is 41.7 Å². The van der Waals surface area contributed by atoms with E-state index in [0.717, 1.165) is 11.1 Å². The number of rotatable bonds is 4. The molecule has 3 heteroatoms. The van der Waals surface area contributed by atoms with Crippen LogP contribution in [0.25, 0.3) is 11.1 Å². The summed E-state index contributed by atoms with van der Waals surface area (Å²) in [6.07, 6.45) is 0. The summed E-state index contributed by atoms with van der Waals surface area (Å²) in [6.45, 7) is 2.00. The highest BCUT2D eigenvalue weighted by Crippen LogP contribution is 2.22. The predicted molar refractivity (Wildman–Crippen MR) is 92.1 cm³/mol. The number of carbonyl (C=O) groups is 1. The zero-order valence-electron chi connectivity index (χ0n) is 12.3. The van der Waals surface area contributed by atoms with Crippen molar-refractivity contribution >= 4 is 17.2 Å². The van der Waals surface area contributed by atoms with Crippen LogP contribution < -0.4 is 5.32 Å². The Hall–Kier alpha value is -2.39. The Morgan fingerprint density at radius 3 is 2.27 bits per heavy atom. The lowest BCUT2D eigenvalue weighted by Crippen LogP contribution is -2.26. The van der Waals surface area contributed by atoms with Crippen LogP contribution in [0.5, 0.6) is 0 Å². The average molecular weight is 307 g/mol. The fraction of sp³-hybridized carbons (Fsp3) is 0.105. The lowest BCUT2D eigenvalue weighted by atomic mass is 10.0. The molecule has 2 aromatic carbocycles. The van der Waals surface area contributed by atoms with Crippen molar-refractivity contribution in [3.05, 3.63) is 82.6 Å². The number of amides is 1. The predicted octanol–water partition coefficient (Wildman–Crippen LogP) is 4.91. The summed E-state index contributed by atoms with van der Waals surface area (Å²) in [4.78, 5) is 12.1. The third-order valence-corrected chi connectivity index (χ3v) is 4.33. The zero-order chi connectivity index (χ0) is 15.4. The van der Waals surface area contributed by atoms with Gasteiger partial charge < -0.3 is 5.32 Å². The van der Waals surface area contributed by atoms with Crippen LogP contribution >= 0.6 is 11.3 Å². The minimum atomic E-state index is -0.0270. The number of thiophene rings is 1. The highest BCUT2D eigenvalue weighted by atomic mass is 32.1. The first-order chi connectivity index (χ1) is 10.7. The molecule has 0 aliphatic carbocycles. The van der Waals surface area contributed by atoms with Crippen molar-refractivity contribution in [2.24, 2.45) is 0 Å². The zero-order valence-corrected chi connectivity index (χ0v) is 13.1. The Balaban J connectivity index is 1.71. The van der Waals surface area contributed by atoms with Gasteiger partial charge in [0, 0.05) is 5.38 Å². The molecule has 1 N–H and O–H groups in total. The molecule has 22 heavy (non-hydrogen) atoms. The van der Waals surface area contributed by atoms with Gasteiger partial charge in [-0.1, -0.05) is 54.6 Å². The highest BCUT2D eigenvalue weighted by molar-refractivity contribution is 7.08. The maximum Gasteiger partial charge on any atom is 0.252 e. The summed E-state index contributed by atoms with van der Waals surface area (Å²) in [5, 5.41) is 6.80. The molecule has 110 valence electrons. The van der Waals surface area contributed by atoms with E-state index in [1.807, 2.05) is 41.9 Å². The van der Waals surface area contributed by atoms with Crippen molar-refractivity contribution in [2.75, 3.05) is 0 Å². The van der Waals surface area contributed by atoms with Crippen molar-refractivity contribution in [2.45, 2.75) is 13.0 Å². The Bertz CT molecular complexity index is 733. The number of carbonyl (C=O) groups excluding carboxylic acids is 1. The molecule has 1 aromatic heterocycles. The van der Waals surface area contributed by atoms with Crippen LogP contribution in [0.3, 0.4) is 0 Å². The Kier molecular flexibility index (Phi) is 4.35. The molecule has 3 aromatic rings. The van der Waals surface area contributed by atoms with Crippen LogP contribution in [0.1, 0.15) is 28.9 Å². The second kappa shape index (κ2) is 6.58. The Labute approximate surface area is 134 Å². The molecule has 1 unspecified atom stereocenters. The van der Waals surface area contributed by atoms with Crippen LogP contribution in [0, 0.1) is 0 Å². The van der Waals surface area contributed by atoms with E-state index in [0.29, 0.717) is 0 Å². The molecular weight excluding hydrogens is 290 g/mol. The summed E-state index contributed by atoms with van der Waals surface area (Å²) in [7, 11) is 0. The molecule has 0 aliphatic rings. The van der Waals surface area contributed by atoms with E-state index in [-0.39, 0.29) is 11.9 Å². The van der Waals surface area contributed by atoms with Gasteiger partial charge in [0.15, 0.2) is 0 Å². The van der Waals surface area contributed by atoms with Gasteiger partial charge in [0.05, 0.1) is 11.6 Å². The molecule has 0 spiro atoms. The van der Waals surface area contributed by atoms with E-state index < -0.39 is 0 Å². The standard InChI is InChI=1S/C19H17NOS/c1-14(20-19(21)18-11-12-22-13-18)15-7-9-17(10-8-15)16-5-3-2-4-6-16/h2-14H,1H3,(H,20,21). The molecule has 3 rings (SSSR count). The fourth-order valence-corrected chi connectivity index (χ4v) is 2.99. The van der Waals surface area contributed by atoms with Crippen LogP contribution in [-0.2, 0) is 0 Å². The van der Waals surface area contributed by atoms with E-state index >= 15 is 0 Å². The molecule has 1 heterocycles. The van der Waals surface area contributed by atoms with Gasteiger partial charge in [-0.2, -0.15) is 11.3 Å². The largest absolute Gasteiger partial charge is 0.345 e. The first-order valence-corrected chi connectivity index (χ1v) is 8.17. The smallest absolute Gasteiger partial charge is 0.252 e. The molecule has 0 saturated heterocycles. The summed E-state index contributed by atoms with van der Waals surface area (Å²) >= 11 is 1.53. The van der Waals surface area contributed by atoms with Gasteiger partial charge in [0.1, 0.15) is 0 Å². The van der Waals surface area contributed by atoms with Gasteiger partial charge in [-0.3, -0.25) is 4.79 Å². The molecule has 1 atom stereocenters. The molecular formula is C19H17NOS. The van der Waals surface area contributed by atoms with Gasteiger partial charge >= 0.3 is 0 Å². The SMILES string of the molecule is CC(NC(=O)c1ccsc1)c1ccc(-c2ccccc2)cc1. The number of hydrogen-bond donors (Lipinski definition) is 1. The van der Waals surface area contributed by atoms with Gasteiger partial charge in [-0.05, 0) is 35.1 Å². The van der Waals surface area contributed by atoms with Crippen molar-refractivity contribution in [3.8, 4) is 11.1 Å². The van der Waals surface area contributed by atoms with E-state index in [9.17, 15) is 4.79 Å². The quantitative estimate of drug-likeness (QED) is 0.729. The fourth-order valence-electron chi connectivity index (χ4n) is 2.35. The number of hydrogen-bond acceptors (Lipinski definition) is 2.